The van der Waals surface area contributed by atoms with Gasteiger partial charge in [-0.1, -0.05) is 11.6 Å². The average molecular weight is 274 g/mol. The first-order chi connectivity index (χ1) is 8.54. The van der Waals surface area contributed by atoms with E-state index in [9.17, 15) is 14.9 Å². The van der Waals surface area contributed by atoms with Crippen LogP contribution in [0.4, 0.5) is 5.69 Å². The second kappa shape index (κ2) is 6.80. The van der Waals surface area contributed by atoms with Crippen LogP contribution in [0.3, 0.4) is 0 Å². The molecular formula is C11H12ClNO5. The first-order valence-corrected chi connectivity index (χ1v) is 5.56. The van der Waals surface area contributed by atoms with E-state index >= 15 is 0 Å². The number of rotatable bonds is 6. The predicted molar refractivity (Wildman–Crippen MR) is 64.9 cm³/mol. The summed E-state index contributed by atoms with van der Waals surface area (Å²) in [6.07, 6.45) is 0.629. The highest BCUT2D eigenvalue weighted by atomic mass is 35.5. The molecule has 0 spiro atoms. The van der Waals surface area contributed by atoms with Crippen LogP contribution in [0.25, 0.3) is 0 Å². The minimum atomic E-state index is -0.568. The topological polar surface area (TPSA) is 78.7 Å². The van der Waals surface area contributed by atoms with Gasteiger partial charge in [-0.15, -0.1) is 0 Å². The number of ether oxygens (including phenoxy) is 2. The van der Waals surface area contributed by atoms with Gasteiger partial charge in [-0.2, -0.15) is 0 Å². The van der Waals surface area contributed by atoms with Crippen molar-refractivity contribution >= 4 is 23.3 Å². The number of halogens is 1. The number of carbonyl (C=O) groups is 1. The molecule has 0 aliphatic rings. The van der Waals surface area contributed by atoms with Crippen molar-refractivity contribution in [1.82, 2.24) is 0 Å². The third kappa shape index (κ3) is 4.21. The highest BCUT2D eigenvalue weighted by Gasteiger charge is 2.15. The third-order valence-corrected chi connectivity index (χ3v) is 2.36. The maximum atomic E-state index is 10.8. The highest BCUT2D eigenvalue weighted by molar-refractivity contribution is 6.30. The van der Waals surface area contributed by atoms with Crippen LogP contribution in [0, 0.1) is 10.1 Å². The van der Waals surface area contributed by atoms with E-state index < -0.39 is 4.92 Å². The Morgan fingerprint density at radius 3 is 2.83 bits per heavy atom. The van der Waals surface area contributed by atoms with Crippen LogP contribution < -0.4 is 4.74 Å². The fourth-order valence-corrected chi connectivity index (χ4v) is 1.42. The van der Waals surface area contributed by atoms with E-state index in [1.54, 1.807) is 0 Å². The number of benzene rings is 1. The van der Waals surface area contributed by atoms with Gasteiger partial charge in [-0.05, 0) is 18.6 Å². The van der Waals surface area contributed by atoms with Gasteiger partial charge < -0.3 is 9.47 Å². The lowest BCUT2D eigenvalue weighted by atomic mass is 10.3. The number of nitrogens with zero attached hydrogens (tertiary/aromatic N) is 1. The molecule has 0 aliphatic heterocycles. The molecule has 0 aromatic heterocycles. The second-order valence-corrected chi connectivity index (χ2v) is 3.83. The van der Waals surface area contributed by atoms with E-state index in [0.717, 1.165) is 0 Å². The average Bonchev–Trinajstić information content (AvgIpc) is 2.35. The van der Waals surface area contributed by atoms with Crippen molar-refractivity contribution in [2.45, 2.75) is 12.8 Å². The number of esters is 1. The Hall–Kier alpha value is -1.82. The van der Waals surface area contributed by atoms with Crippen LogP contribution in [-0.4, -0.2) is 24.6 Å². The third-order valence-electron chi connectivity index (χ3n) is 2.13. The number of hydrogen-bond donors (Lipinski definition) is 0. The van der Waals surface area contributed by atoms with Gasteiger partial charge in [0.1, 0.15) is 0 Å². The molecular weight excluding hydrogens is 262 g/mol. The van der Waals surface area contributed by atoms with Crippen LogP contribution in [0.15, 0.2) is 18.2 Å². The molecule has 0 amide bonds. The number of nitro groups is 1. The lowest BCUT2D eigenvalue weighted by Crippen LogP contribution is -2.05. The Balaban J connectivity index is 2.56. The molecule has 0 unspecified atom stereocenters. The zero-order valence-corrected chi connectivity index (χ0v) is 10.5. The first kappa shape index (κ1) is 14.2. The fraction of sp³-hybridized carbons (Fsp3) is 0.364. The van der Waals surface area contributed by atoms with Crippen molar-refractivity contribution in [3.63, 3.8) is 0 Å². The molecule has 0 atom stereocenters. The smallest absolute Gasteiger partial charge is 0.312 e. The molecule has 0 saturated carbocycles. The molecule has 1 rings (SSSR count). The van der Waals surface area contributed by atoms with E-state index in [1.165, 1.54) is 25.3 Å². The molecule has 0 N–H and O–H groups in total. The molecule has 0 saturated heterocycles. The lowest BCUT2D eigenvalue weighted by molar-refractivity contribution is -0.385. The van der Waals surface area contributed by atoms with Crippen LogP contribution in [-0.2, 0) is 9.53 Å². The summed E-state index contributed by atoms with van der Waals surface area (Å²) >= 11 is 5.66. The molecule has 1 aromatic carbocycles. The number of carbonyl (C=O) groups excluding carboxylic acids is 1. The summed E-state index contributed by atoms with van der Waals surface area (Å²) in [4.78, 5) is 21.0. The van der Waals surface area contributed by atoms with Crippen LogP contribution in [0.5, 0.6) is 5.75 Å². The molecule has 18 heavy (non-hydrogen) atoms. The van der Waals surface area contributed by atoms with E-state index in [2.05, 4.69) is 4.74 Å². The molecule has 0 heterocycles. The van der Waals surface area contributed by atoms with Gasteiger partial charge in [0.05, 0.1) is 18.6 Å². The van der Waals surface area contributed by atoms with Gasteiger partial charge >= 0.3 is 11.7 Å². The zero-order chi connectivity index (χ0) is 13.5. The quantitative estimate of drug-likeness (QED) is 0.344. The molecule has 6 nitrogen and oxygen atoms in total. The minimum absolute atomic E-state index is 0.134. The van der Waals surface area contributed by atoms with Gasteiger partial charge in [0, 0.05) is 17.5 Å². The Morgan fingerprint density at radius 2 is 2.22 bits per heavy atom. The van der Waals surface area contributed by atoms with Gasteiger partial charge in [0.25, 0.3) is 0 Å². The highest BCUT2D eigenvalue weighted by Crippen LogP contribution is 2.29. The normalized spacial score (nSPS) is 9.89. The molecule has 0 fully saturated rings. The Bertz CT molecular complexity index is 449. The maximum absolute atomic E-state index is 10.8. The second-order valence-electron chi connectivity index (χ2n) is 3.40. The maximum Gasteiger partial charge on any atom is 0.312 e. The van der Waals surface area contributed by atoms with Gasteiger partial charge in [0.15, 0.2) is 5.75 Å². The Labute approximate surface area is 109 Å². The number of nitro benzene ring substituents is 1. The zero-order valence-electron chi connectivity index (χ0n) is 9.72. The summed E-state index contributed by atoms with van der Waals surface area (Å²) in [6, 6.07) is 4.15. The van der Waals surface area contributed by atoms with E-state index in [-0.39, 0.29) is 35.5 Å². The van der Waals surface area contributed by atoms with E-state index in [0.29, 0.717) is 6.42 Å². The first-order valence-electron chi connectivity index (χ1n) is 5.18. The van der Waals surface area contributed by atoms with Crippen molar-refractivity contribution in [1.29, 1.82) is 0 Å². The standard InChI is InChI=1S/C11H12ClNO5/c1-17-11(14)3-2-6-18-10-5-4-8(12)7-9(10)13(15)16/h4-5,7H,2-3,6H2,1H3. The molecule has 0 radical (unpaired) electrons. The van der Waals surface area contributed by atoms with Gasteiger partial charge in [-0.25, -0.2) is 0 Å². The number of methoxy groups -OCH3 is 1. The summed E-state index contributed by atoms with van der Waals surface area (Å²) < 4.78 is 9.70. The van der Waals surface area contributed by atoms with Gasteiger partial charge in [-0.3, -0.25) is 14.9 Å². The summed E-state index contributed by atoms with van der Waals surface area (Å²) in [5.74, 6) is -0.210. The molecule has 7 heteroatoms. The van der Waals surface area contributed by atoms with Crippen molar-refractivity contribution in [3.8, 4) is 5.75 Å². The molecule has 0 bridgehead atoms. The van der Waals surface area contributed by atoms with Crippen LogP contribution in [0.1, 0.15) is 12.8 Å². The van der Waals surface area contributed by atoms with Crippen molar-refractivity contribution in [2.75, 3.05) is 13.7 Å². The van der Waals surface area contributed by atoms with Crippen molar-refractivity contribution in [2.24, 2.45) is 0 Å². The molecule has 1 aromatic rings. The summed E-state index contributed by atoms with van der Waals surface area (Å²) in [5, 5.41) is 11.0. The molecule has 98 valence electrons. The number of hydrogen-bond acceptors (Lipinski definition) is 5. The van der Waals surface area contributed by atoms with E-state index in [1.807, 2.05) is 0 Å². The predicted octanol–water partition coefficient (Wildman–Crippen LogP) is 2.58. The van der Waals surface area contributed by atoms with E-state index in [4.69, 9.17) is 16.3 Å². The van der Waals surface area contributed by atoms with Crippen LogP contribution >= 0.6 is 11.6 Å². The minimum Gasteiger partial charge on any atom is -0.487 e. The Morgan fingerprint density at radius 1 is 1.50 bits per heavy atom. The summed E-state index contributed by atoms with van der Waals surface area (Å²) in [7, 11) is 1.30. The summed E-state index contributed by atoms with van der Waals surface area (Å²) in [6.45, 7) is 0.192. The van der Waals surface area contributed by atoms with Gasteiger partial charge in [0.2, 0.25) is 0 Å². The lowest BCUT2D eigenvalue weighted by Gasteiger charge is -2.06. The Kier molecular flexibility index (Phi) is 5.38. The fourth-order valence-electron chi connectivity index (χ4n) is 1.26. The summed E-state index contributed by atoms with van der Waals surface area (Å²) in [5.41, 5.74) is -0.194. The SMILES string of the molecule is COC(=O)CCCOc1ccc(Cl)cc1[N+](=O)[O-]. The van der Waals surface area contributed by atoms with Crippen LogP contribution in [0.2, 0.25) is 5.02 Å². The molecule has 0 aliphatic carbocycles. The monoisotopic (exact) mass is 273 g/mol. The largest absolute Gasteiger partial charge is 0.487 e. The van der Waals surface area contributed by atoms with Crippen molar-refractivity contribution < 1.29 is 19.2 Å². The van der Waals surface area contributed by atoms with Crippen molar-refractivity contribution in [3.05, 3.63) is 33.3 Å².